The first-order chi connectivity index (χ1) is 18.0. The molecule has 1 aliphatic rings. The molecule has 2 aromatic carbocycles. The number of carboxylic acids is 1. The van der Waals surface area contributed by atoms with E-state index in [-0.39, 0.29) is 36.1 Å². The molecule has 0 radical (unpaired) electrons. The first kappa shape index (κ1) is 29.0. The highest BCUT2D eigenvalue weighted by Crippen LogP contribution is 2.20. The van der Waals surface area contributed by atoms with Gasteiger partial charge in [0.25, 0.3) is 16.1 Å². The van der Waals surface area contributed by atoms with E-state index in [9.17, 15) is 23.1 Å². The summed E-state index contributed by atoms with van der Waals surface area (Å²) in [7, 11) is -3.92. The second kappa shape index (κ2) is 12.8. The molecule has 0 bridgehead atoms. The quantitative estimate of drug-likeness (QED) is 0.333. The van der Waals surface area contributed by atoms with Crippen molar-refractivity contribution in [3.8, 4) is 17.9 Å². The van der Waals surface area contributed by atoms with Gasteiger partial charge in [0, 0.05) is 43.0 Å². The SMILES string of the molecule is CC(C)C(NS(=O)(=O)N1CCN(c2ccc(C#Cc3ccc(Cl)c(C(=O)NCC#N)c3)cc2)CC1)C(=O)O. The minimum atomic E-state index is -3.92. The smallest absolute Gasteiger partial charge is 0.322 e. The molecule has 0 saturated carbocycles. The third-order valence-corrected chi connectivity index (χ3v) is 7.84. The minimum absolute atomic E-state index is 0.123. The normalized spacial score (nSPS) is 14.8. The molecule has 1 heterocycles. The van der Waals surface area contributed by atoms with Gasteiger partial charge in [-0.1, -0.05) is 37.3 Å². The Balaban J connectivity index is 1.62. The summed E-state index contributed by atoms with van der Waals surface area (Å²) in [4.78, 5) is 25.6. The Bertz CT molecular complexity index is 1390. The number of carbonyl (C=O) groups is 2. The van der Waals surface area contributed by atoms with E-state index < -0.39 is 28.1 Å². The highest BCUT2D eigenvalue weighted by molar-refractivity contribution is 7.87. The summed E-state index contributed by atoms with van der Waals surface area (Å²) in [6.07, 6.45) is 0. The Morgan fingerprint density at radius 2 is 1.66 bits per heavy atom. The summed E-state index contributed by atoms with van der Waals surface area (Å²) < 4.78 is 28.9. The topological polar surface area (TPSA) is 143 Å². The molecule has 0 spiro atoms. The maximum atomic E-state index is 12.7. The number of carbonyl (C=O) groups excluding carboxylic acids is 1. The second-order valence-electron chi connectivity index (χ2n) is 8.90. The molecule has 1 atom stereocenters. The van der Waals surface area contributed by atoms with Crippen LogP contribution in [0.4, 0.5) is 5.69 Å². The molecular formula is C26H28ClN5O5S. The Morgan fingerprint density at radius 1 is 1.05 bits per heavy atom. The fourth-order valence-corrected chi connectivity index (χ4v) is 5.48. The molecule has 0 aromatic heterocycles. The number of hydrogen-bond donors (Lipinski definition) is 3. The van der Waals surface area contributed by atoms with Crippen LogP contribution in [0.1, 0.15) is 35.3 Å². The number of nitriles is 1. The number of carboxylic acid groups (broad SMARTS) is 1. The summed E-state index contributed by atoms with van der Waals surface area (Å²) in [5.74, 6) is 4.00. The van der Waals surface area contributed by atoms with Crippen molar-refractivity contribution in [2.45, 2.75) is 19.9 Å². The largest absolute Gasteiger partial charge is 0.480 e. The average Bonchev–Trinajstić information content (AvgIpc) is 2.90. The number of piperazine rings is 1. The van der Waals surface area contributed by atoms with Crippen molar-refractivity contribution >= 4 is 39.4 Å². The molecule has 1 unspecified atom stereocenters. The van der Waals surface area contributed by atoms with Gasteiger partial charge in [-0.05, 0) is 48.4 Å². The van der Waals surface area contributed by atoms with Crippen molar-refractivity contribution < 1.29 is 23.1 Å². The maximum Gasteiger partial charge on any atom is 0.322 e. The fourth-order valence-electron chi connectivity index (χ4n) is 3.79. The average molecular weight is 558 g/mol. The zero-order valence-corrected chi connectivity index (χ0v) is 22.5. The third-order valence-electron chi connectivity index (χ3n) is 5.91. The number of rotatable bonds is 8. The van der Waals surface area contributed by atoms with Gasteiger partial charge in [0.1, 0.15) is 12.6 Å². The number of nitrogens with one attached hydrogen (secondary N) is 2. The van der Waals surface area contributed by atoms with Crippen molar-refractivity contribution in [1.29, 1.82) is 5.26 Å². The van der Waals surface area contributed by atoms with Crippen molar-refractivity contribution in [2.75, 3.05) is 37.6 Å². The van der Waals surface area contributed by atoms with Crippen LogP contribution >= 0.6 is 11.6 Å². The van der Waals surface area contributed by atoms with Crippen molar-refractivity contribution in [2.24, 2.45) is 5.92 Å². The van der Waals surface area contributed by atoms with Gasteiger partial charge in [0.2, 0.25) is 0 Å². The molecular weight excluding hydrogens is 530 g/mol. The second-order valence-corrected chi connectivity index (χ2v) is 11.0. The van der Waals surface area contributed by atoms with Gasteiger partial charge in [-0.25, -0.2) is 0 Å². The van der Waals surface area contributed by atoms with E-state index in [1.54, 1.807) is 32.0 Å². The van der Waals surface area contributed by atoms with E-state index in [2.05, 4.69) is 21.9 Å². The number of halogens is 1. The number of nitrogens with zero attached hydrogens (tertiary/aromatic N) is 3. The van der Waals surface area contributed by atoms with Crippen molar-refractivity contribution in [3.63, 3.8) is 0 Å². The highest BCUT2D eigenvalue weighted by atomic mass is 35.5. The molecule has 1 fully saturated rings. The lowest BCUT2D eigenvalue weighted by atomic mass is 10.1. The Morgan fingerprint density at radius 3 is 2.24 bits per heavy atom. The number of aliphatic carboxylic acids is 1. The zero-order chi connectivity index (χ0) is 27.9. The number of benzene rings is 2. The lowest BCUT2D eigenvalue weighted by Gasteiger charge is -2.36. The molecule has 2 aromatic rings. The van der Waals surface area contributed by atoms with Crippen LogP contribution in [0, 0.1) is 29.1 Å². The van der Waals surface area contributed by atoms with Crippen LogP contribution in [0.15, 0.2) is 42.5 Å². The third kappa shape index (κ3) is 7.46. The van der Waals surface area contributed by atoms with E-state index in [0.717, 1.165) is 11.3 Å². The van der Waals surface area contributed by atoms with Gasteiger partial charge in [-0.15, -0.1) is 0 Å². The van der Waals surface area contributed by atoms with E-state index in [1.165, 1.54) is 4.31 Å². The van der Waals surface area contributed by atoms with Gasteiger partial charge in [0.05, 0.1) is 16.7 Å². The highest BCUT2D eigenvalue weighted by Gasteiger charge is 2.32. The molecule has 200 valence electrons. The standard InChI is InChI=1S/C26H28ClN5O5S/c1-18(2)24(26(34)35)30-38(36,37)32-15-13-31(14-16-32)21-8-5-19(6-9-21)3-4-20-7-10-23(27)22(17-20)25(33)29-12-11-28/h5-10,17-18,24,30H,12-16H2,1-2H3,(H,29,33)(H,34,35). The van der Waals surface area contributed by atoms with Crippen LogP contribution < -0.4 is 14.9 Å². The first-order valence-electron chi connectivity index (χ1n) is 11.8. The molecule has 1 saturated heterocycles. The van der Waals surface area contributed by atoms with Crippen LogP contribution in [0.3, 0.4) is 0 Å². The monoisotopic (exact) mass is 557 g/mol. The summed E-state index contributed by atoms with van der Waals surface area (Å²) >= 11 is 6.10. The van der Waals surface area contributed by atoms with Gasteiger partial charge >= 0.3 is 5.97 Å². The Labute approximate surface area is 227 Å². The van der Waals surface area contributed by atoms with E-state index in [1.807, 2.05) is 35.2 Å². The molecule has 3 rings (SSSR count). The van der Waals surface area contributed by atoms with Crippen LogP contribution in [-0.4, -0.2) is 68.5 Å². The van der Waals surface area contributed by atoms with Gasteiger partial charge in [-0.3, -0.25) is 9.59 Å². The number of amides is 1. The molecule has 38 heavy (non-hydrogen) atoms. The van der Waals surface area contributed by atoms with Crippen LogP contribution in [0.2, 0.25) is 5.02 Å². The summed E-state index contributed by atoms with van der Waals surface area (Å²) in [5, 5.41) is 20.7. The van der Waals surface area contributed by atoms with Gasteiger partial charge < -0.3 is 15.3 Å². The molecule has 0 aliphatic carbocycles. The van der Waals surface area contributed by atoms with Crippen molar-refractivity contribution in [3.05, 3.63) is 64.2 Å². The molecule has 1 amide bonds. The summed E-state index contributed by atoms with van der Waals surface area (Å²) in [6, 6.07) is 13.0. The zero-order valence-electron chi connectivity index (χ0n) is 20.9. The predicted octanol–water partition coefficient (Wildman–Crippen LogP) is 2.06. The predicted molar refractivity (Wildman–Crippen MR) is 144 cm³/mol. The summed E-state index contributed by atoms with van der Waals surface area (Å²) in [5.41, 5.74) is 2.49. The fraction of sp³-hybridized carbons (Fsp3) is 0.346. The van der Waals surface area contributed by atoms with Crippen molar-refractivity contribution in [1.82, 2.24) is 14.3 Å². The van der Waals surface area contributed by atoms with Crippen LogP contribution in [0.25, 0.3) is 0 Å². The lowest BCUT2D eigenvalue weighted by molar-refractivity contribution is -0.140. The van der Waals surface area contributed by atoms with E-state index in [4.69, 9.17) is 16.9 Å². The van der Waals surface area contributed by atoms with Gasteiger partial charge in [-0.2, -0.15) is 22.7 Å². The maximum absolute atomic E-state index is 12.7. The number of anilines is 1. The Kier molecular flexibility index (Phi) is 9.72. The first-order valence-corrected chi connectivity index (χ1v) is 13.7. The number of hydrogen-bond acceptors (Lipinski definition) is 6. The van der Waals surface area contributed by atoms with E-state index in [0.29, 0.717) is 18.7 Å². The van der Waals surface area contributed by atoms with Gasteiger partial charge in [0.15, 0.2) is 0 Å². The minimum Gasteiger partial charge on any atom is -0.480 e. The molecule has 10 nitrogen and oxygen atoms in total. The molecule has 1 aliphatic heterocycles. The van der Waals surface area contributed by atoms with Crippen LogP contribution in [0.5, 0.6) is 0 Å². The summed E-state index contributed by atoms with van der Waals surface area (Å²) in [6.45, 7) is 4.53. The van der Waals surface area contributed by atoms with E-state index >= 15 is 0 Å². The Hall–Kier alpha value is -3.61. The molecule has 3 N–H and O–H groups in total. The lowest BCUT2D eigenvalue weighted by Crippen LogP contribution is -2.55. The molecule has 12 heteroatoms. The van der Waals surface area contributed by atoms with Crippen LogP contribution in [-0.2, 0) is 15.0 Å².